The lowest BCUT2D eigenvalue weighted by Crippen LogP contribution is -2.29. The molecule has 0 aromatic heterocycles. The van der Waals surface area contributed by atoms with Crippen LogP contribution >= 0.6 is 0 Å². The monoisotopic (exact) mass is 342 g/mol. The molecule has 0 radical (unpaired) electrons. The Balaban J connectivity index is 2.09. The van der Waals surface area contributed by atoms with Gasteiger partial charge in [-0.15, -0.1) is 0 Å². The van der Waals surface area contributed by atoms with E-state index in [2.05, 4.69) is 10.6 Å². The van der Waals surface area contributed by atoms with Crippen molar-refractivity contribution < 1.29 is 23.9 Å². The standard InChI is InChI=1S/C18H18N2O5/c1-11(21)12-5-4-6-13(9-12)19-17(22)18(23)20-15-8-7-14(24-2)10-16(15)25-3/h4-10H,1-3H3,(H,19,22)(H,20,23). The second-order valence-corrected chi connectivity index (χ2v) is 5.11. The topological polar surface area (TPSA) is 93.7 Å². The number of rotatable bonds is 5. The summed E-state index contributed by atoms with van der Waals surface area (Å²) in [7, 11) is 2.95. The van der Waals surface area contributed by atoms with E-state index >= 15 is 0 Å². The predicted octanol–water partition coefficient (Wildman–Crippen LogP) is 2.48. The maximum absolute atomic E-state index is 12.1. The Bertz CT molecular complexity index is 817. The maximum Gasteiger partial charge on any atom is 0.314 e. The number of hydrogen-bond acceptors (Lipinski definition) is 5. The number of methoxy groups -OCH3 is 2. The third-order valence-corrected chi connectivity index (χ3v) is 3.39. The van der Waals surface area contributed by atoms with Gasteiger partial charge >= 0.3 is 11.8 Å². The van der Waals surface area contributed by atoms with Crippen molar-refractivity contribution in [3.8, 4) is 11.5 Å². The first-order chi connectivity index (χ1) is 11.9. The van der Waals surface area contributed by atoms with Gasteiger partial charge in [-0.2, -0.15) is 0 Å². The number of benzene rings is 2. The lowest BCUT2D eigenvalue weighted by atomic mass is 10.1. The van der Waals surface area contributed by atoms with Crippen molar-refractivity contribution in [2.24, 2.45) is 0 Å². The molecule has 0 aliphatic rings. The zero-order chi connectivity index (χ0) is 18.4. The molecule has 130 valence electrons. The van der Waals surface area contributed by atoms with E-state index in [-0.39, 0.29) is 5.78 Å². The number of anilines is 2. The highest BCUT2D eigenvalue weighted by molar-refractivity contribution is 6.43. The van der Waals surface area contributed by atoms with E-state index in [9.17, 15) is 14.4 Å². The highest BCUT2D eigenvalue weighted by Gasteiger charge is 2.17. The molecule has 7 heteroatoms. The average Bonchev–Trinajstić information content (AvgIpc) is 2.62. The third kappa shape index (κ3) is 4.57. The van der Waals surface area contributed by atoms with Gasteiger partial charge in [0.2, 0.25) is 0 Å². The van der Waals surface area contributed by atoms with E-state index in [0.29, 0.717) is 28.4 Å². The molecule has 2 rings (SSSR count). The fourth-order valence-electron chi connectivity index (χ4n) is 2.08. The van der Waals surface area contributed by atoms with Crippen molar-refractivity contribution in [1.82, 2.24) is 0 Å². The lowest BCUT2D eigenvalue weighted by molar-refractivity contribution is -0.133. The molecular formula is C18H18N2O5. The molecule has 2 amide bonds. The Morgan fingerprint density at radius 1 is 0.880 bits per heavy atom. The summed E-state index contributed by atoms with van der Waals surface area (Å²) in [6, 6.07) is 11.1. The Hall–Kier alpha value is -3.35. The molecule has 0 aliphatic carbocycles. The number of Topliss-reactive ketones (excluding diaryl/α,β-unsaturated/α-hetero) is 1. The molecule has 0 heterocycles. The summed E-state index contributed by atoms with van der Waals surface area (Å²) in [5, 5.41) is 4.92. The summed E-state index contributed by atoms with van der Waals surface area (Å²) in [5.41, 5.74) is 1.13. The van der Waals surface area contributed by atoms with Gasteiger partial charge in [0, 0.05) is 17.3 Å². The zero-order valence-corrected chi connectivity index (χ0v) is 14.1. The van der Waals surface area contributed by atoms with Crippen molar-refractivity contribution in [3.63, 3.8) is 0 Å². The van der Waals surface area contributed by atoms with Crippen LogP contribution in [-0.4, -0.2) is 31.8 Å². The molecule has 2 aromatic carbocycles. The van der Waals surface area contributed by atoms with Crippen molar-refractivity contribution in [2.45, 2.75) is 6.92 Å². The Labute approximate surface area is 144 Å². The molecule has 2 N–H and O–H groups in total. The molecule has 0 saturated carbocycles. The molecule has 0 saturated heterocycles. The van der Waals surface area contributed by atoms with Gasteiger partial charge in [-0.1, -0.05) is 12.1 Å². The van der Waals surface area contributed by atoms with Gasteiger partial charge in [-0.3, -0.25) is 14.4 Å². The number of amides is 2. The molecule has 7 nitrogen and oxygen atoms in total. The van der Waals surface area contributed by atoms with Crippen molar-refractivity contribution in [1.29, 1.82) is 0 Å². The van der Waals surface area contributed by atoms with Crippen molar-refractivity contribution in [2.75, 3.05) is 24.9 Å². The van der Waals surface area contributed by atoms with Crippen LogP contribution in [0.2, 0.25) is 0 Å². The summed E-state index contributed by atoms with van der Waals surface area (Å²) in [6.07, 6.45) is 0. The summed E-state index contributed by atoms with van der Waals surface area (Å²) in [4.78, 5) is 35.5. The largest absolute Gasteiger partial charge is 0.497 e. The number of carbonyl (C=O) groups is 3. The highest BCUT2D eigenvalue weighted by Crippen LogP contribution is 2.28. The van der Waals surface area contributed by atoms with E-state index < -0.39 is 11.8 Å². The van der Waals surface area contributed by atoms with Gasteiger partial charge in [0.1, 0.15) is 11.5 Å². The number of ether oxygens (including phenoxy) is 2. The molecule has 0 fully saturated rings. The van der Waals surface area contributed by atoms with Crippen LogP contribution in [0, 0.1) is 0 Å². The van der Waals surface area contributed by atoms with Crippen LogP contribution in [0.1, 0.15) is 17.3 Å². The predicted molar refractivity (Wildman–Crippen MR) is 93.3 cm³/mol. The van der Waals surface area contributed by atoms with Gasteiger partial charge in [-0.25, -0.2) is 0 Å². The van der Waals surface area contributed by atoms with Crippen LogP contribution in [0.5, 0.6) is 11.5 Å². The lowest BCUT2D eigenvalue weighted by Gasteiger charge is -2.11. The van der Waals surface area contributed by atoms with Crippen LogP contribution in [0.3, 0.4) is 0 Å². The van der Waals surface area contributed by atoms with Gasteiger partial charge in [-0.05, 0) is 31.2 Å². The van der Waals surface area contributed by atoms with E-state index in [4.69, 9.17) is 9.47 Å². The van der Waals surface area contributed by atoms with Gasteiger partial charge in [0.15, 0.2) is 5.78 Å². The van der Waals surface area contributed by atoms with Gasteiger partial charge in [0.05, 0.1) is 19.9 Å². The van der Waals surface area contributed by atoms with E-state index in [1.165, 1.54) is 27.2 Å². The quantitative estimate of drug-likeness (QED) is 0.643. The van der Waals surface area contributed by atoms with Crippen LogP contribution in [-0.2, 0) is 9.59 Å². The minimum absolute atomic E-state index is 0.136. The van der Waals surface area contributed by atoms with Gasteiger partial charge in [0.25, 0.3) is 0 Å². The number of hydrogen-bond donors (Lipinski definition) is 2. The van der Waals surface area contributed by atoms with Crippen molar-refractivity contribution >= 4 is 29.0 Å². The number of carbonyl (C=O) groups excluding carboxylic acids is 3. The molecule has 25 heavy (non-hydrogen) atoms. The van der Waals surface area contributed by atoms with Crippen molar-refractivity contribution in [3.05, 3.63) is 48.0 Å². The summed E-state index contributed by atoms with van der Waals surface area (Å²) >= 11 is 0. The SMILES string of the molecule is COc1ccc(NC(=O)C(=O)Nc2cccc(C(C)=O)c2)c(OC)c1. The second-order valence-electron chi connectivity index (χ2n) is 5.11. The summed E-state index contributed by atoms with van der Waals surface area (Å²) in [5.74, 6) is -0.946. The Morgan fingerprint density at radius 3 is 2.24 bits per heavy atom. The molecule has 2 aromatic rings. The summed E-state index contributed by atoms with van der Waals surface area (Å²) in [6.45, 7) is 1.42. The normalized spacial score (nSPS) is 9.88. The molecular weight excluding hydrogens is 324 g/mol. The minimum atomic E-state index is -0.864. The second kappa shape index (κ2) is 7.96. The van der Waals surface area contributed by atoms with Crippen LogP contribution in [0.4, 0.5) is 11.4 Å². The number of nitrogens with one attached hydrogen (secondary N) is 2. The first-order valence-electron chi connectivity index (χ1n) is 7.40. The van der Waals surface area contributed by atoms with Crippen LogP contribution in [0.25, 0.3) is 0 Å². The molecule has 0 aliphatic heterocycles. The van der Waals surface area contributed by atoms with E-state index in [0.717, 1.165) is 0 Å². The first-order valence-corrected chi connectivity index (χ1v) is 7.40. The fourth-order valence-corrected chi connectivity index (χ4v) is 2.08. The van der Waals surface area contributed by atoms with E-state index in [1.807, 2.05) is 0 Å². The smallest absolute Gasteiger partial charge is 0.314 e. The summed E-state index contributed by atoms with van der Waals surface area (Å²) < 4.78 is 10.2. The van der Waals surface area contributed by atoms with Gasteiger partial charge < -0.3 is 20.1 Å². The zero-order valence-electron chi connectivity index (χ0n) is 14.1. The van der Waals surface area contributed by atoms with Crippen LogP contribution in [0.15, 0.2) is 42.5 Å². The molecule has 0 atom stereocenters. The Morgan fingerprint density at radius 2 is 1.60 bits per heavy atom. The van der Waals surface area contributed by atoms with E-state index in [1.54, 1.807) is 36.4 Å². The molecule has 0 spiro atoms. The average molecular weight is 342 g/mol. The van der Waals surface area contributed by atoms with Crippen LogP contribution < -0.4 is 20.1 Å². The number of ketones is 1. The fraction of sp³-hybridized carbons (Fsp3) is 0.167. The maximum atomic E-state index is 12.1. The third-order valence-electron chi connectivity index (χ3n) is 3.39. The highest BCUT2D eigenvalue weighted by atomic mass is 16.5. The minimum Gasteiger partial charge on any atom is -0.497 e. The molecule has 0 bridgehead atoms. The first kappa shape index (κ1) is 18.0. The Kier molecular flexibility index (Phi) is 5.73. The molecule has 0 unspecified atom stereocenters.